The van der Waals surface area contributed by atoms with Crippen molar-refractivity contribution in [2.45, 2.75) is 52.2 Å². The highest BCUT2D eigenvalue weighted by Crippen LogP contribution is 2.26. The maximum absolute atomic E-state index is 12.3. The molecular formula is C18H27BrO3Si. The van der Waals surface area contributed by atoms with Crippen molar-refractivity contribution in [2.75, 3.05) is 6.61 Å². The zero-order valence-corrected chi connectivity index (χ0v) is 17.1. The van der Waals surface area contributed by atoms with E-state index in [0.29, 0.717) is 18.8 Å². The lowest BCUT2D eigenvalue weighted by atomic mass is 10.1. The van der Waals surface area contributed by atoms with Crippen molar-refractivity contribution in [2.24, 2.45) is 0 Å². The van der Waals surface area contributed by atoms with Gasteiger partial charge in [-0.05, 0) is 49.2 Å². The summed E-state index contributed by atoms with van der Waals surface area (Å²) in [5, 5.41) is 0. The molecule has 128 valence electrons. The fourth-order valence-corrected chi connectivity index (χ4v) is 5.45. The molecule has 1 aromatic rings. The molecule has 23 heavy (non-hydrogen) atoms. The molecule has 0 aromatic heterocycles. The Balaban J connectivity index is 3.02. The van der Waals surface area contributed by atoms with Gasteiger partial charge in [-0.25, -0.2) is 4.79 Å². The van der Waals surface area contributed by atoms with E-state index in [9.17, 15) is 4.79 Å². The maximum Gasteiger partial charge on any atom is 0.371 e. The number of carbonyl (C=O) groups excluding carboxylic acids is 1. The van der Waals surface area contributed by atoms with Gasteiger partial charge >= 0.3 is 5.97 Å². The number of hydrogen-bond donors (Lipinski definition) is 0. The highest BCUT2D eigenvalue weighted by Gasteiger charge is 2.33. The van der Waals surface area contributed by atoms with Crippen LogP contribution < -0.4 is 0 Å². The Morgan fingerprint density at radius 1 is 1.13 bits per heavy atom. The molecule has 0 bridgehead atoms. The van der Waals surface area contributed by atoms with E-state index in [2.05, 4.69) is 36.7 Å². The normalized spacial score (nSPS) is 12.1. The number of ether oxygens (including phenoxy) is 1. The minimum absolute atomic E-state index is 0.355. The van der Waals surface area contributed by atoms with Gasteiger partial charge in [-0.3, -0.25) is 0 Å². The Morgan fingerprint density at radius 3 is 2.26 bits per heavy atom. The number of allylic oxidation sites excluding steroid dienone is 1. The predicted molar refractivity (Wildman–Crippen MR) is 101 cm³/mol. The molecule has 5 heteroatoms. The highest BCUT2D eigenvalue weighted by molar-refractivity contribution is 9.10. The van der Waals surface area contributed by atoms with Gasteiger partial charge in [-0.1, -0.05) is 54.9 Å². The lowest BCUT2D eigenvalue weighted by Crippen LogP contribution is -2.37. The van der Waals surface area contributed by atoms with Crippen molar-refractivity contribution < 1.29 is 14.0 Å². The summed E-state index contributed by atoms with van der Waals surface area (Å²) in [6.45, 7) is 8.61. The summed E-state index contributed by atoms with van der Waals surface area (Å²) in [6.07, 6.45) is 2.50. The highest BCUT2D eigenvalue weighted by atomic mass is 79.9. The Bertz CT molecular complexity index is 531. The molecule has 0 saturated carbocycles. The van der Waals surface area contributed by atoms with Gasteiger partial charge in [0.15, 0.2) is 5.76 Å². The van der Waals surface area contributed by atoms with E-state index in [1.54, 1.807) is 0 Å². The number of rotatable bonds is 9. The molecule has 0 fully saturated rings. The minimum atomic E-state index is -1.90. The number of benzene rings is 1. The molecule has 1 aromatic carbocycles. The quantitative estimate of drug-likeness (QED) is 0.239. The Morgan fingerprint density at radius 2 is 1.74 bits per heavy atom. The monoisotopic (exact) mass is 398 g/mol. The molecule has 0 aliphatic heterocycles. The van der Waals surface area contributed by atoms with E-state index in [-0.39, 0.29) is 5.97 Å². The van der Waals surface area contributed by atoms with E-state index in [4.69, 9.17) is 9.16 Å². The first kappa shape index (κ1) is 20.0. The molecule has 0 radical (unpaired) electrons. The first-order chi connectivity index (χ1) is 11.0. The molecule has 0 atom stereocenters. The molecule has 0 N–H and O–H groups in total. The smallest absolute Gasteiger partial charge is 0.371 e. The van der Waals surface area contributed by atoms with Gasteiger partial charge < -0.3 is 9.16 Å². The van der Waals surface area contributed by atoms with Gasteiger partial charge in [-0.15, -0.1) is 0 Å². The molecule has 0 unspecified atom stereocenters. The average molecular weight is 399 g/mol. The molecule has 3 nitrogen and oxygen atoms in total. The number of halogens is 1. The van der Waals surface area contributed by atoms with Gasteiger partial charge in [0.1, 0.15) is 0 Å². The van der Waals surface area contributed by atoms with Crippen molar-refractivity contribution >= 4 is 30.2 Å². The summed E-state index contributed by atoms with van der Waals surface area (Å²) >= 11 is 3.54. The number of carbonyl (C=O) groups is 1. The van der Waals surface area contributed by atoms with Crippen LogP contribution in [0.2, 0.25) is 18.1 Å². The zero-order chi connectivity index (χ0) is 17.3. The van der Waals surface area contributed by atoms with Gasteiger partial charge in [0, 0.05) is 4.47 Å². The van der Waals surface area contributed by atoms with Crippen molar-refractivity contribution in [3.8, 4) is 0 Å². The van der Waals surface area contributed by atoms with Gasteiger partial charge in [0.25, 0.3) is 8.32 Å². The fourth-order valence-electron chi connectivity index (χ4n) is 2.44. The average Bonchev–Trinajstić information content (AvgIpc) is 2.57. The predicted octanol–water partition coefficient (Wildman–Crippen LogP) is 5.46. The summed E-state index contributed by atoms with van der Waals surface area (Å²) in [5.41, 5.74) is 1.12. The molecule has 0 aliphatic carbocycles. The standard InChI is InChI=1S/C18H27BrO3Si/c1-5-21-18(20)17(22-23(6-2,7-3)8-4)14-13-15-11-9-10-12-16(15)19/h9-12,14H,5-8,13H2,1-4H3/b17-14-. The lowest BCUT2D eigenvalue weighted by molar-refractivity contribution is -0.141. The Labute approximate surface area is 149 Å². The van der Waals surface area contributed by atoms with Crippen LogP contribution in [0.25, 0.3) is 0 Å². The summed E-state index contributed by atoms with van der Waals surface area (Å²) in [4.78, 5) is 12.3. The van der Waals surface area contributed by atoms with Crippen LogP contribution in [0.5, 0.6) is 0 Å². The third-order valence-electron chi connectivity index (χ3n) is 4.20. The minimum Gasteiger partial charge on any atom is -0.539 e. The summed E-state index contributed by atoms with van der Waals surface area (Å²) in [6, 6.07) is 11.0. The van der Waals surface area contributed by atoms with Crippen LogP contribution in [-0.4, -0.2) is 20.9 Å². The Kier molecular flexibility index (Phi) is 8.62. The van der Waals surface area contributed by atoms with Gasteiger partial charge in [-0.2, -0.15) is 0 Å². The lowest BCUT2D eigenvalue weighted by Gasteiger charge is -2.29. The van der Waals surface area contributed by atoms with Crippen molar-refractivity contribution in [3.63, 3.8) is 0 Å². The van der Waals surface area contributed by atoms with Crippen LogP contribution in [0, 0.1) is 0 Å². The van der Waals surface area contributed by atoms with E-state index >= 15 is 0 Å². The Hall–Kier alpha value is -1.07. The second kappa shape index (κ2) is 9.93. The molecule has 0 aliphatic rings. The summed E-state index contributed by atoms with van der Waals surface area (Å²) < 4.78 is 12.5. The first-order valence-corrected chi connectivity index (χ1v) is 11.6. The molecule has 0 saturated heterocycles. The largest absolute Gasteiger partial charge is 0.539 e. The molecule has 0 heterocycles. The second-order valence-electron chi connectivity index (χ2n) is 5.43. The van der Waals surface area contributed by atoms with Crippen LogP contribution >= 0.6 is 15.9 Å². The van der Waals surface area contributed by atoms with Crippen LogP contribution in [0.15, 0.2) is 40.6 Å². The van der Waals surface area contributed by atoms with E-state index in [0.717, 1.165) is 28.2 Å². The van der Waals surface area contributed by atoms with Crippen LogP contribution in [0.4, 0.5) is 0 Å². The number of esters is 1. The van der Waals surface area contributed by atoms with Crippen LogP contribution in [-0.2, 0) is 20.4 Å². The number of hydrogen-bond acceptors (Lipinski definition) is 3. The third-order valence-corrected chi connectivity index (χ3v) is 9.49. The van der Waals surface area contributed by atoms with E-state index in [1.165, 1.54) is 0 Å². The van der Waals surface area contributed by atoms with Gasteiger partial charge in [0.05, 0.1) is 6.61 Å². The van der Waals surface area contributed by atoms with Crippen molar-refractivity contribution in [1.29, 1.82) is 0 Å². The molecular weight excluding hydrogens is 372 g/mol. The van der Waals surface area contributed by atoms with Crippen LogP contribution in [0.3, 0.4) is 0 Å². The van der Waals surface area contributed by atoms with Crippen LogP contribution in [0.1, 0.15) is 33.3 Å². The zero-order valence-electron chi connectivity index (χ0n) is 14.5. The van der Waals surface area contributed by atoms with E-state index in [1.807, 2.05) is 37.3 Å². The van der Waals surface area contributed by atoms with Crippen molar-refractivity contribution in [1.82, 2.24) is 0 Å². The van der Waals surface area contributed by atoms with Gasteiger partial charge in [0.2, 0.25) is 0 Å². The first-order valence-electron chi connectivity index (χ1n) is 8.31. The molecule has 1 rings (SSSR count). The summed E-state index contributed by atoms with van der Waals surface area (Å²) in [5.74, 6) is 0.0200. The van der Waals surface area contributed by atoms with E-state index < -0.39 is 8.32 Å². The molecule has 0 spiro atoms. The third kappa shape index (κ3) is 5.81. The second-order valence-corrected chi connectivity index (χ2v) is 11.0. The summed E-state index contributed by atoms with van der Waals surface area (Å²) in [7, 11) is -1.90. The SMILES string of the molecule is CCOC(=O)/C(=C/Cc1ccccc1Br)O[Si](CC)(CC)CC. The topological polar surface area (TPSA) is 35.5 Å². The maximum atomic E-state index is 12.3. The molecule has 0 amide bonds. The van der Waals surface area contributed by atoms with Crippen molar-refractivity contribution in [3.05, 3.63) is 46.1 Å². The fraction of sp³-hybridized carbons (Fsp3) is 0.500.